The highest BCUT2D eigenvalue weighted by Crippen LogP contribution is 2.41. The van der Waals surface area contributed by atoms with Gasteiger partial charge in [0.05, 0.1) is 23.1 Å². The Balaban J connectivity index is 1.84. The minimum Gasteiger partial charge on any atom is -0.493 e. The molecule has 1 heterocycles. The van der Waals surface area contributed by atoms with E-state index < -0.39 is 17.9 Å². The number of carbonyl (C=O) groups is 2. The Bertz CT molecular complexity index is 1090. The molecule has 0 aliphatic carbocycles. The van der Waals surface area contributed by atoms with Crippen LogP contribution in [0.1, 0.15) is 49.8 Å². The highest BCUT2D eigenvalue weighted by molar-refractivity contribution is 9.10. The van der Waals surface area contributed by atoms with Crippen molar-refractivity contribution in [1.82, 2.24) is 4.90 Å². The molecule has 1 unspecified atom stereocenters. The SMILES string of the molecule is CCCCCCOc1c(Br)cc(/C=C2\SC(=S)N(C(C(=O)O)c3ccccc3)C2=O)cc1OC. The Morgan fingerprint density at radius 2 is 1.97 bits per heavy atom. The fourth-order valence-corrected chi connectivity index (χ4v) is 5.44. The molecule has 180 valence electrons. The van der Waals surface area contributed by atoms with Crippen molar-refractivity contribution in [3.8, 4) is 11.5 Å². The van der Waals surface area contributed by atoms with Gasteiger partial charge in [-0.25, -0.2) is 4.79 Å². The summed E-state index contributed by atoms with van der Waals surface area (Å²) in [6.45, 7) is 2.75. The van der Waals surface area contributed by atoms with E-state index >= 15 is 0 Å². The molecule has 1 atom stereocenters. The maximum atomic E-state index is 13.2. The van der Waals surface area contributed by atoms with Gasteiger partial charge in [-0.1, -0.05) is 80.5 Å². The molecule has 1 aliphatic rings. The van der Waals surface area contributed by atoms with Gasteiger partial charge >= 0.3 is 5.97 Å². The van der Waals surface area contributed by atoms with E-state index in [-0.39, 0.29) is 4.32 Å². The zero-order valence-electron chi connectivity index (χ0n) is 19.0. The van der Waals surface area contributed by atoms with E-state index in [4.69, 9.17) is 21.7 Å². The summed E-state index contributed by atoms with van der Waals surface area (Å²) in [7, 11) is 1.56. The zero-order valence-corrected chi connectivity index (χ0v) is 22.2. The van der Waals surface area contributed by atoms with Gasteiger partial charge in [0.15, 0.2) is 17.5 Å². The molecule has 9 heteroatoms. The van der Waals surface area contributed by atoms with Crippen LogP contribution in [0.3, 0.4) is 0 Å². The van der Waals surface area contributed by atoms with Crippen LogP contribution in [0.4, 0.5) is 0 Å². The summed E-state index contributed by atoms with van der Waals surface area (Å²) < 4.78 is 12.4. The van der Waals surface area contributed by atoms with E-state index in [1.165, 1.54) is 6.42 Å². The molecule has 2 aromatic rings. The summed E-state index contributed by atoms with van der Waals surface area (Å²) in [5, 5.41) is 9.83. The summed E-state index contributed by atoms with van der Waals surface area (Å²) in [5.74, 6) is -0.441. The number of aliphatic carboxylic acids is 1. The number of halogens is 1. The lowest BCUT2D eigenvalue weighted by atomic mass is 10.1. The first-order valence-corrected chi connectivity index (χ1v) is 12.9. The van der Waals surface area contributed by atoms with Crippen LogP contribution in [-0.4, -0.2) is 39.9 Å². The smallest absolute Gasteiger partial charge is 0.331 e. The number of hydrogen-bond donors (Lipinski definition) is 1. The van der Waals surface area contributed by atoms with Crippen molar-refractivity contribution in [1.29, 1.82) is 0 Å². The first kappa shape index (κ1) is 26.2. The van der Waals surface area contributed by atoms with Crippen molar-refractivity contribution in [2.24, 2.45) is 0 Å². The Kier molecular flexibility index (Phi) is 9.55. The first-order chi connectivity index (χ1) is 16.4. The number of amides is 1. The first-order valence-electron chi connectivity index (χ1n) is 10.9. The molecule has 1 amide bonds. The largest absolute Gasteiger partial charge is 0.493 e. The van der Waals surface area contributed by atoms with Gasteiger partial charge in [0.1, 0.15) is 4.32 Å². The molecule has 2 aromatic carbocycles. The van der Waals surface area contributed by atoms with Gasteiger partial charge in [0.2, 0.25) is 0 Å². The van der Waals surface area contributed by atoms with Crippen LogP contribution < -0.4 is 9.47 Å². The second kappa shape index (κ2) is 12.4. The summed E-state index contributed by atoms with van der Waals surface area (Å²) in [5.41, 5.74) is 1.19. The summed E-state index contributed by atoms with van der Waals surface area (Å²) in [4.78, 5) is 26.7. The minimum atomic E-state index is -1.19. The highest BCUT2D eigenvalue weighted by Gasteiger charge is 2.41. The average molecular weight is 565 g/mol. The number of thiocarbonyl (C=S) groups is 1. The molecule has 0 saturated carbocycles. The van der Waals surface area contributed by atoms with Gasteiger partial charge in [0, 0.05) is 0 Å². The van der Waals surface area contributed by atoms with Crippen molar-refractivity contribution >= 4 is 62.2 Å². The Morgan fingerprint density at radius 3 is 2.62 bits per heavy atom. The van der Waals surface area contributed by atoms with E-state index in [2.05, 4.69) is 22.9 Å². The third-order valence-electron chi connectivity index (χ3n) is 5.22. The minimum absolute atomic E-state index is 0.200. The normalized spacial score (nSPS) is 15.6. The van der Waals surface area contributed by atoms with Crippen LogP contribution >= 0.6 is 39.9 Å². The third-order valence-corrected chi connectivity index (χ3v) is 7.14. The van der Waals surface area contributed by atoms with Crippen LogP contribution in [0, 0.1) is 0 Å². The summed E-state index contributed by atoms with van der Waals surface area (Å²) in [6, 6.07) is 11.0. The van der Waals surface area contributed by atoms with E-state index in [1.807, 2.05) is 6.07 Å². The molecular formula is C25H26BrNO5S2. The van der Waals surface area contributed by atoms with Crippen LogP contribution in [-0.2, 0) is 9.59 Å². The van der Waals surface area contributed by atoms with Crippen LogP contribution in [0.15, 0.2) is 51.8 Å². The topological polar surface area (TPSA) is 76.1 Å². The number of thioether (sulfide) groups is 1. The molecule has 0 spiro atoms. The van der Waals surface area contributed by atoms with E-state index in [1.54, 1.807) is 49.6 Å². The maximum absolute atomic E-state index is 13.2. The molecule has 1 saturated heterocycles. The quantitative estimate of drug-likeness (QED) is 0.191. The second-order valence-electron chi connectivity index (χ2n) is 7.65. The molecule has 34 heavy (non-hydrogen) atoms. The molecule has 1 aliphatic heterocycles. The average Bonchev–Trinajstić information content (AvgIpc) is 3.08. The third kappa shape index (κ3) is 6.20. The Hall–Kier alpha value is -2.36. The molecule has 0 radical (unpaired) electrons. The van der Waals surface area contributed by atoms with Crippen molar-refractivity contribution in [3.05, 3.63) is 63.0 Å². The van der Waals surface area contributed by atoms with E-state index in [0.717, 1.165) is 35.9 Å². The van der Waals surface area contributed by atoms with Gasteiger partial charge in [-0.3, -0.25) is 9.69 Å². The van der Waals surface area contributed by atoms with E-state index in [0.29, 0.717) is 38.6 Å². The van der Waals surface area contributed by atoms with Crippen LogP contribution in [0.5, 0.6) is 11.5 Å². The van der Waals surface area contributed by atoms with Gasteiger partial charge in [-0.2, -0.15) is 0 Å². The predicted molar refractivity (Wildman–Crippen MR) is 142 cm³/mol. The monoisotopic (exact) mass is 563 g/mol. The predicted octanol–water partition coefficient (Wildman–Crippen LogP) is 6.44. The number of unbranched alkanes of at least 4 members (excludes halogenated alkanes) is 3. The number of carboxylic acid groups (broad SMARTS) is 1. The standard InChI is InChI=1S/C25H26BrNO5S2/c1-3-4-5-9-12-32-22-18(26)13-16(14-19(22)31-2)15-20-23(28)27(25(33)34-20)21(24(29)30)17-10-7-6-8-11-17/h6-8,10-11,13-15,21H,3-5,9,12H2,1-2H3,(H,29,30)/b20-15-. The van der Waals surface area contributed by atoms with Gasteiger partial charge < -0.3 is 14.6 Å². The van der Waals surface area contributed by atoms with Gasteiger partial charge in [0.25, 0.3) is 5.91 Å². The number of carboxylic acids is 1. The van der Waals surface area contributed by atoms with Gasteiger partial charge in [-0.05, 0) is 51.7 Å². The molecule has 1 fully saturated rings. The molecule has 1 N–H and O–H groups in total. The summed E-state index contributed by atoms with van der Waals surface area (Å²) >= 11 is 10.0. The Labute approximate surface area is 217 Å². The lowest BCUT2D eigenvalue weighted by Crippen LogP contribution is -2.37. The number of methoxy groups -OCH3 is 1. The van der Waals surface area contributed by atoms with Crippen molar-refractivity contribution in [2.75, 3.05) is 13.7 Å². The number of nitrogens with zero attached hydrogens (tertiary/aromatic N) is 1. The Morgan fingerprint density at radius 1 is 1.24 bits per heavy atom. The fourth-order valence-electron chi connectivity index (χ4n) is 3.56. The van der Waals surface area contributed by atoms with Crippen LogP contribution in [0.2, 0.25) is 0 Å². The van der Waals surface area contributed by atoms with Crippen molar-refractivity contribution in [2.45, 2.75) is 38.6 Å². The summed E-state index contributed by atoms with van der Waals surface area (Å²) in [6.07, 6.45) is 6.08. The van der Waals surface area contributed by atoms with Crippen molar-refractivity contribution < 1.29 is 24.2 Å². The lowest BCUT2D eigenvalue weighted by molar-refractivity contribution is -0.145. The number of benzene rings is 2. The number of hydrogen-bond acceptors (Lipinski definition) is 6. The number of rotatable bonds is 11. The van der Waals surface area contributed by atoms with Gasteiger partial charge in [-0.15, -0.1) is 0 Å². The van der Waals surface area contributed by atoms with Crippen molar-refractivity contribution in [3.63, 3.8) is 0 Å². The molecule has 3 rings (SSSR count). The maximum Gasteiger partial charge on any atom is 0.331 e. The number of ether oxygens (including phenoxy) is 2. The molecular weight excluding hydrogens is 538 g/mol. The zero-order chi connectivity index (χ0) is 24.7. The highest BCUT2D eigenvalue weighted by atomic mass is 79.9. The fraction of sp³-hybridized carbons (Fsp3) is 0.320. The second-order valence-corrected chi connectivity index (χ2v) is 10.2. The molecule has 6 nitrogen and oxygen atoms in total. The molecule has 0 aromatic heterocycles. The van der Waals surface area contributed by atoms with Crippen LogP contribution in [0.25, 0.3) is 6.08 Å². The van der Waals surface area contributed by atoms with E-state index in [9.17, 15) is 14.7 Å². The lowest BCUT2D eigenvalue weighted by Gasteiger charge is -2.23. The number of carbonyl (C=O) groups excluding carboxylic acids is 1. The molecule has 0 bridgehead atoms.